The summed E-state index contributed by atoms with van der Waals surface area (Å²) in [6.07, 6.45) is 4.80. The second kappa shape index (κ2) is 8.38. The maximum atomic E-state index is 13.1. The van der Waals surface area contributed by atoms with Crippen LogP contribution in [-0.4, -0.2) is 49.6 Å². The summed E-state index contributed by atoms with van der Waals surface area (Å²) in [6.45, 7) is 4.33. The number of benzene rings is 1. The Hall–Kier alpha value is -2.41. The van der Waals surface area contributed by atoms with Crippen LogP contribution >= 0.6 is 11.8 Å². The first-order chi connectivity index (χ1) is 14.4. The summed E-state index contributed by atoms with van der Waals surface area (Å²) in [5.41, 5.74) is 1.72. The van der Waals surface area contributed by atoms with E-state index in [9.17, 15) is 14.7 Å². The maximum absolute atomic E-state index is 13.1. The van der Waals surface area contributed by atoms with Crippen molar-refractivity contribution in [1.29, 1.82) is 0 Å². The molecule has 4 rings (SSSR count). The summed E-state index contributed by atoms with van der Waals surface area (Å²) < 4.78 is 6.20. The number of thioether (sulfide) groups is 1. The van der Waals surface area contributed by atoms with E-state index in [4.69, 9.17) is 4.74 Å². The summed E-state index contributed by atoms with van der Waals surface area (Å²) in [6, 6.07) is 10.9. The Labute approximate surface area is 181 Å². The number of aromatic amines is 1. The molecule has 1 spiro atoms. The number of H-pyrrole nitrogens is 1. The van der Waals surface area contributed by atoms with E-state index in [1.54, 1.807) is 35.0 Å². The topological polar surface area (TPSA) is 82.6 Å². The molecule has 2 aromatic rings. The molecular weight excluding hydrogens is 400 g/mol. The number of rotatable bonds is 5. The van der Waals surface area contributed by atoms with Gasteiger partial charge in [-0.2, -0.15) is 0 Å². The second-order valence-electron chi connectivity index (χ2n) is 8.41. The molecule has 1 atom stereocenters. The number of aliphatic carboxylic acids is 1. The predicted molar refractivity (Wildman–Crippen MR) is 117 cm³/mol. The highest BCUT2D eigenvalue weighted by Gasteiger charge is 2.53. The molecule has 0 unspecified atom stereocenters. The number of ether oxygens (including phenoxy) is 1. The minimum absolute atomic E-state index is 0.0763. The van der Waals surface area contributed by atoms with Crippen LogP contribution in [0.5, 0.6) is 5.75 Å². The summed E-state index contributed by atoms with van der Waals surface area (Å²) in [5, 5.41) is 9.71. The van der Waals surface area contributed by atoms with E-state index in [2.05, 4.69) is 31.0 Å². The molecule has 1 saturated carbocycles. The fourth-order valence-corrected chi connectivity index (χ4v) is 6.07. The van der Waals surface area contributed by atoms with Crippen LogP contribution in [0.25, 0.3) is 0 Å². The number of nitrogens with zero attached hydrogens (tertiary/aromatic N) is 1. The van der Waals surface area contributed by atoms with E-state index in [1.165, 1.54) is 5.56 Å². The average molecular weight is 429 g/mol. The highest BCUT2D eigenvalue weighted by molar-refractivity contribution is 8.01. The average Bonchev–Trinajstić information content (AvgIpc) is 3.39. The van der Waals surface area contributed by atoms with E-state index >= 15 is 0 Å². The van der Waals surface area contributed by atoms with Crippen molar-refractivity contribution < 1.29 is 19.4 Å². The molecule has 1 saturated heterocycles. The van der Waals surface area contributed by atoms with Crippen molar-refractivity contribution in [2.24, 2.45) is 0 Å². The number of carbonyl (C=O) groups is 2. The third kappa shape index (κ3) is 3.95. The molecule has 0 radical (unpaired) electrons. The number of aromatic nitrogens is 1. The number of carbonyl (C=O) groups excluding carboxylic acids is 1. The van der Waals surface area contributed by atoms with Crippen molar-refractivity contribution in [3.8, 4) is 5.75 Å². The van der Waals surface area contributed by atoms with Gasteiger partial charge in [-0.05, 0) is 61.4 Å². The second-order valence-corrected chi connectivity index (χ2v) is 9.79. The van der Waals surface area contributed by atoms with Gasteiger partial charge in [-0.25, -0.2) is 4.79 Å². The van der Waals surface area contributed by atoms with E-state index < -0.39 is 16.9 Å². The Balaban J connectivity index is 1.46. The molecule has 1 aromatic heterocycles. The third-order valence-corrected chi connectivity index (χ3v) is 7.78. The number of carboxylic acids is 1. The summed E-state index contributed by atoms with van der Waals surface area (Å²) in [4.78, 5) is 29.1. The summed E-state index contributed by atoms with van der Waals surface area (Å²) in [7, 11) is 0. The van der Waals surface area contributed by atoms with Gasteiger partial charge in [0.05, 0.1) is 11.0 Å². The minimum atomic E-state index is -0.942. The molecular formula is C23H28N2O4S. The Morgan fingerprint density at radius 2 is 1.90 bits per heavy atom. The van der Waals surface area contributed by atoms with Gasteiger partial charge in [0.15, 0.2) is 0 Å². The van der Waals surface area contributed by atoms with E-state index in [1.807, 2.05) is 12.1 Å². The molecule has 2 fully saturated rings. The number of hydrogen-bond donors (Lipinski definition) is 2. The molecule has 2 N–H and O–H groups in total. The van der Waals surface area contributed by atoms with Crippen LogP contribution < -0.4 is 4.74 Å². The zero-order valence-corrected chi connectivity index (χ0v) is 18.2. The van der Waals surface area contributed by atoms with Gasteiger partial charge in [0.2, 0.25) is 0 Å². The van der Waals surface area contributed by atoms with E-state index in [0.29, 0.717) is 17.4 Å². The quantitative estimate of drug-likeness (QED) is 0.733. The SMILES string of the molecule is CC(C)c1ccc(OC2CCC3(CC2)SC[C@@H](C(=O)O)N3C(=O)c2ccc[nH]2)cc1. The van der Waals surface area contributed by atoms with Crippen molar-refractivity contribution in [1.82, 2.24) is 9.88 Å². The van der Waals surface area contributed by atoms with Crippen molar-refractivity contribution >= 4 is 23.6 Å². The van der Waals surface area contributed by atoms with Gasteiger partial charge in [-0.15, -0.1) is 11.8 Å². The van der Waals surface area contributed by atoms with E-state index in [-0.39, 0.29) is 12.0 Å². The number of amides is 1. The van der Waals surface area contributed by atoms with Crippen LogP contribution in [0.4, 0.5) is 0 Å². The molecule has 0 bridgehead atoms. The van der Waals surface area contributed by atoms with Crippen LogP contribution in [0.2, 0.25) is 0 Å². The molecule has 1 amide bonds. The zero-order valence-electron chi connectivity index (χ0n) is 17.3. The first-order valence-electron chi connectivity index (χ1n) is 10.5. The van der Waals surface area contributed by atoms with Crippen LogP contribution in [0, 0.1) is 0 Å². The van der Waals surface area contributed by atoms with Crippen molar-refractivity contribution in [3.05, 3.63) is 53.9 Å². The lowest BCUT2D eigenvalue weighted by molar-refractivity contribution is -0.142. The van der Waals surface area contributed by atoms with Crippen LogP contribution in [0.15, 0.2) is 42.6 Å². The smallest absolute Gasteiger partial charge is 0.327 e. The van der Waals surface area contributed by atoms with Crippen LogP contribution in [-0.2, 0) is 4.79 Å². The molecule has 1 aromatic carbocycles. The molecule has 1 aliphatic carbocycles. The number of carboxylic acid groups (broad SMARTS) is 1. The van der Waals surface area contributed by atoms with Gasteiger partial charge < -0.3 is 19.7 Å². The maximum Gasteiger partial charge on any atom is 0.327 e. The van der Waals surface area contributed by atoms with Gasteiger partial charge in [-0.1, -0.05) is 26.0 Å². The van der Waals surface area contributed by atoms with Crippen LogP contribution in [0.1, 0.15) is 61.5 Å². The Kier molecular flexibility index (Phi) is 5.82. The zero-order chi connectivity index (χ0) is 21.3. The lowest BCUT2D eigenvalue weighted by Crippen LogP contribution is -2.54. The molecule has 160 valence electrons. The fourth-order valence-electron chi connectivity index (χ4n) is 4.43. The predicted octanol–water partition coefficient (Wildman–Crippen LogP) is 4.50. The van der Waals surface area contributed by atoms with Gasteiger partial charge >= 0.3 is 5.97 Å². The molecule has 1 aliphatic heterocycles. The normalized spacial score (nSPS) is 26.3. The monoisotopic (exact) mass is 428 g/mol. The van der Waals surface area contributed by atoms with Gasteiger partial charge in [-0.3, -0.25) is 4.79 Å². The summed E-state index contributed by atoms with van der Waals surface area (Å²) in [5.74, 6) is 0.591. The van der Waals surface area contributed by atoms with Crippen molar-refractivity contribution in [2.75, 3.05) is 5.75 Å². The molecule has 6 nitrogen and oxygen atoms in total. The van der Waals surface area contributed by atoms with Crippen molar-refractivity contribution in [2.45, 2.75) is 62.5 Å². The lowest BCUT2D eigenvalue weighted by Gasteiger charge is -2.43. The highest BCUT2D eigenvalue weighted by atomic mass is 32.2. The van der Waals surface area contributed by atoms with E-state index in [0.717, 1.165) is 31.4 Å². The Morgan fingerprint density at radius 3 is 2.47 bits per heavy atom. The van der Waals surface area contributed by atoms with Gasteiger partial charge in [0.1, 0.15) is 17.5 Å². The largest absolute Gasteiger partial charge is 0.490 e. The Morgan fingerprint density at radius 1 is 1.20 bits per heavy atom. The Bertz CT molecular complexity index is 886. The lowest BCUT2D eigenvalue weighted by atomic mass is 9.90. The van der Waals surface area contributed by atoms with Gasteiger partial charge in [0, 0.05) is 11.9 Å². The molecule has 2 heterocycles. The highest BCUT2D eigenvalue weighted by Crippen LogP contribution is 2.50. The van der Waals surface area contributed by atoms with Crippen molar-refractivity contribution in [3.63, 3.8) is 0 Å². The molecule has 7 heteroatoms. The third-order valence-electron chi connectivity index (χ3n) is 6.16. The fraction of sp³-hybridized carbons (Fsp3) is 0.478. The van der Waals surface area contributed by atoms with Gasteiger partial charge in [0.25, 0.3) is 5.91 Å². The number of hydrogen-bond acceptors (Lipinski definition) is 4. The first kappa shape index (κ1) is 20.8. The minimum Gasteiger partial charge on any atom is -0.490 e. The van der Waals surface area contributed by atoms with Crippen LogP contribution in [0.3, 0.4) is 0 Å². The standard InChI is InChI=1S/C23H28N2O4S/c1-15(2)16-5-7-17(8-6-16)29-18-9-11-23(12-10-18)25(20(14-30-23)22(27)28)21(26)19-4-3-13-24-19/h3-8,13,15,18,20,24H,9-12,14H2,1-2H3,(H,27,28)/t18?,20-,23?/m0/s1. The molecule has 2 aliphatic rings. The molecule has 30 heavy (non-hydrogen) atoms. The first-order valence-corrected chi connectivity index (χ1v) is 11.5. The summed E-state index contributed by atoms with van der Waals surface area (Å²) >= 11 is 1.60. The number of nitrogens with one attached hydrogen (secondary N) is 1.